The third kappa shape index (κ3) is 0.467. The summed E-state index contributed by atoms with van der Waals surface area (Å²) in [7, 11) is 0. The van der Waals surface area contributed by atoms with Crippen molar-refractivity contribution in [3.8, 4) is 0 Å². The molecule has 0 fully saturated rings. The lowest BCUT2D eigenvalue weighted by atomic mass is 10.1. The number of allylic oxidation sites excluding steroid dienone is 1. The lowest BCUT2D eigenvalue weighted by molar-refractivity contribution is -0.128. The van der Waals surface area contributed by atoms with Crippen molar-refractivity contribution in [2.45, 2.75) is 13.3 Å². The molecule has 2 nitrogen and oxygen atoms in total. The second kappa shape index (κ2) is 1.72. The molecule has 1 heterocycles. The van der Waals surface area contributed by atoms with E-state index in [9.17, 15) is 4.79 Å². The number of rotatable bonds is 1. The summed E-state index contributed by atoms with van der Waals surface area (Å²) in [5, 5.41) is 0. The van der Waals surface area contributed by atoms with E-state index in [1.165, 1.54) is 5.70 Å². The maximum Gasteiger partial charge on any atom is 0.259 e. The Labute approximate surface area is 59.8 Å². The SMILES string of the molecule is CCN1C(=O)C2=C1CC=C2. The molecule has 2 rings (SSSR count). The van der Waals surface area contributed by atoms with E-state index in [1.807, 2.05) is 24.0 Å². The van der Waals surface area contributed by atoms with Crippen LogP contribution in [0.5, 0.6) is 0 Å². The molecule has 0 atom stereocenters. The Bertz CT molecular complexity index is 250. The van der Waals surface area contributed by atoms with Crippen LogP contribution in [0.3, 0.4) is 0 Å². The third-order valence-corrected chi connectivity index (χ3v) is 2.02. The van der Waals surface area contributed by atoms with E-state index in [-0.39, 0.29) is 5.91 Å². The van der Waals surface area contributed by atoms with Crippen LogP contribution < -0.4 is 0 Å². The zero-order valence-electron chi connectivity index (χ0n) is 5.92. The van der Waals surface area contributed by atoms with Crippen molar-refractivity contribution in [1.82, 2.24) is 4.90 Å². The van der Waals surface area contributed by atoms with Crippen LogP contribution in [-0.4, -0.2) is 17.4 Å². The second-order valence-electron chi connectivity index (χ2n) is 2.52. The molecule has 0 aromatic rings. The molecule has 0 saturated carbocycles. The van der Waals surface area contributed by atoms with Gasteiger partial charge in [-0.15, -0.1) is 0 Å². The normalized spacial score (nSPS) is 21.7. The van der Waals surface area contributed by atoms with Crippen LogP contribution in [-0.2, 0) is 4.79 Å². The molecule has 2 heteroatoms. The van der Waals surface area contributed by atoms with E-state index in [1.54, 1.807) is 0 Å². The molecule has 10 heavy (non-hydrogen) atoms. The van der Waals surface area contributed by atoms with Crippen LogP contribution >= 0.6 is 0 Å². The Morgan fingerprint density at radius 1 is 1.70 bits per heavy atom. The first-order chi connectivity index (χ1) is 4.84. The number of carbonyl (C=O) groups is 1. The number of nitrogens with zero attached hydrogens (tertiary/aromatic N) is 1. The van der Waals surface area contributed by atoms with Crippen molar-refractivity contribution in [1.29, 1.82) is 0 Å². The van der Waals surface area contributed by atoms with Gasteiger partial charge in [-0.25, -0.2) is 0 Å². The average molecular weight is 135 g/mol. The highest BCUT2D eigenvalue weighted by Crippen LogP contribution is 2.33. The summed E-state index contributed by atoms with van der Waals surface area (Å²) in [6, 6.07) is 0. The van der Waals surface area contributed by atoms with Crippen LogP contribution in [0.15, 0.2) is 23.4 Å². The van der Waals surface area contributed by atoms with Gasteiger partial charge in [0.05, 0.1) is 5.57 Å². The number of likely N-dealkylation sites (N-methyl/N-ethyl adjacent to an activating group) is 1. The topological polar surface area (TPSA) is 20.3 Å². The molecule has 0 saturated heterocycles. The first-order valence-corrected chi connectivity index (χ1v) is 3.56. The smallest absolute Gasteiger partial charge is 0.259 e. The molecule has 1 aliphatic heterocycles. The fraction of sp³-hybridized carbons (Fsp3) is 0.375. The van der Waals surface area contributed by atoms with Crippen molar-refractivity contribution in [2.75, 3.05) is 6.54 Å². The standard InChI is InChI=1S/C8H9NO/c1-2-9-7-5-3-4-6(7)8(9)10/h3-4H,2,5H2,1H3. The predicted molar refractivity (Wildman–Crippen MR) is 38.2 cm³/mol. The van der Waals surface area contributed by atoms with Crippen molar-refractivity contribution in [3.63, 3.8) is 0 Å². The van der Waals surface area contributed by atoms with Crippen LogP contribution in [0.2, 0.25) is 0 Å². The third-order valence-electron chi connectivity index (χ3n) is 2.02. The van der Waals surface area contributed by atoms with E-state index in [0.29, 0.717) is 0 Å². The summed E-state index contributed by atoms with van der Waals surface area (Å²) in [5.74, 6) is 0.200. The van der Waals surface area contributed by atoms with Gasteiger partial charge in [-0.3, -0.25) is 4.79 Å². The molecule has 0 radical (unpaired) electrons. The first-order valence-electron chi connectivity index (χ1n) is 3.56. The molecule has 1 aliphatic carbocycles. The monoisotopic (exact) mass is 135 g/mol. The van der Waals surface area contributed by atoms with E-state index >= 15 is 0 Å². The molecule has 0 unspecified atom stereocenters. The fourth-order valence-corrected chi connectivity index (χ4v) is 1.49. The lowest BCUT2D eigenvalue weighted by Gasteiger charge is -2.31. The summed E-state index contributed by atoms with van der Waals surface area (Å²) < 4.78 is 0. The highest BCUT2D eigenvalue weighted by Gasteiger charge is 2.34. The molecule has 0 bridgehead atoms. The molecule has 0 N–H and O–H groups in total. The largest absolute Gasteiger partial charge is 0.311 e. The van der Waals surface area contributed by atoms with Crippen LogP contribution in [0.4, 0.5) is 0 Å². The quantitative estimate of drug-likeness (QED) is 0.526. The summed E-state index contributed by atoms with van der Waals surface area (Å²) in [4.78, 5) is 12.9. The first kappa shape index (κ1) is 5.71. The molecular weight excluding hydrogens is 126 g/mol. The molecule has 0 spiro atoms. The summed E-state index contributed by atoms with van der Waals surface area (Å²) >= 11 is 0. The van der Waals surface area contributed by atoms with E-state index < -0.39 is 0 Å². The molecular formula is C8H9NO. The van der Waals surface area contributed by atoms with Gasteiger partial charge in [0, 0.05) is 18.7 Å². The van der Waals surface area contributed by atoms with Gasteiger partial charge >= 0.3 is 0 Å². The Kier molecular flexibility index (Phi) is 0.982. The Morgan fingerprint density at radius 3 is 3.20 bits per heavy atom. The molecule has 0 aromatic heterocycles. The summed E-state index contributed by atoms with van der Waals surface area (Å²) in [6.07, 6.45) is 4.91. The minimum Gasteiger partial charge on any atom is -0.311 e. The van der Waals surface area contributed by atoms with Gasteiger partial charge in [0.25, 0.3) is 5.91 Å². The zero-order valence-corrected chi connectivity index (χ0v) is 5.92. The maximum absolute atomic E-state index is 11.1. The minimum atomic E-state index is 0.200. The molecule has 52 valence electrons. The zero-order chi connectivity index (χ0) is 7.14. The van der Waals surface area contributed by atoms with Crippen molar-refractivity contribution >= 4 is 5.91 Å². The van der Waals surface area contributed by atoms with E-state index in [4.69, 9.17) is 0 Å². The average Bonchev–Trinajstić information content (AvgIpc) is 2.33. The number of hydrogen-bond acceptors (Lipinski definition) is 1. The number of carbonyl (C=O) groups excluding carboxylic acids is 1. The highest BCUT2D eigenvalue weighted by atomic mass is 16.2. The van der Waals surface area contributed by atoms with Gasteiger partial charge in [-0.1, -0.05) is 12.2 Å². The summed E-state index contributed by atoms with van der Waals surface area (Å²) in [6.45, 7) is 2.82. The van der Waals surface area contributed by atoms with Gasteiger partial charge in [0.1, 0.15) is 0 Å². The highest BCUT2D eigenvalue weighted by molar-refractivity contribution is 6.05. The van der Waals surface area contributed by atoms with Crippen molar-refractivity contribution < 1.29 is 4.79 Å². The van der Waals surface area contributed by atoms with Crippen molar-refractivity contribution in [2.24, 2.45) is 0 Å². The Hall–Kier alpha value is -1.05. The Balaban J connectivity index is 2.31. The van der Waals surface area contributed by atoms with Gasteiger partial charge < -0.3 is 4.90 Å². The van der Waals surface area contributed by atoms with Gasteiger partial charge in [0.15, 0.2) is 0 Å². The van der Waals surface area contributed by atoms with Crippen LogP contribution in [0, 0.1) is 0 Å². The van der Waals surface area contributed by atoms with Crippen LogP contribution in [0.1, 0.15) is 13.3 Å². The van der Waals surface area contributed by atoms with E-state index in [2.05, 4.69) is 0 Å². The van der Waals surface area contributed by atoms with Gasteiger partial charge in [-0.2, -0.15) is 0 Å². The molecule has 1 amide bonds. The molecule has 0 aromatic carbocycles. The fourth-order valence-electron chi connectivity index (χ4n) is 1.49. The van der Waals surface area contributed by atoms with Crippen LogP contribution in [0.25, 0.3) is 0 Å². The minimum absolute atomic E-state index is 0.200. The predicted octanol–water partition coefficient (Wildman–Crippen LogP) is 1.06. The van der Waals surface area contributed by atoms with Gasteiger partial charge in [0.2, 0.25) is 0 Å². The number of hydrogen-bond donors (Lipinski definition) is 0. The van der Waals surface area contributed by atoms with Gasteiger partial charge in [-0.05, 0) is 6.92 Å². The van der Waals surface area contributed by atoms with E-state index in [0.717, 1.165) is 18.5 Å². The lowest BCUT2D eigenvalue weighted by Crippen LogP contribution is -2.39. The number of amides is 1. The second-order valence-corrected chi connectivity index (χ2v) is 2.52. The Morgan fingerprint density at radius 2 is 2.50 bits per heavy atom. The van der Waals surface area contributed by atoms with Crippen molar-refractivity contribution in [3.05, 3.63) is 23.4 Å². The summed E-state index contributed by atoms with van der Waals surface area (Å²) in [5.41, 5.74) is 2.15. The molecule has 2 aliphatic rings. The maximum atomic E-state index is 11.1.